The van der Waals surface area contributed by atoms with Crippen LogP contribution in [0.4, 0.5) is 0 Å². The topological polar surface area (TPSA) is 61.1 Å². The highest BCUT2D eigenvalue weighted by Gasteiger charge is 2.56. The molecule has 1 N–H and O–H groups in total. The SMILES string of the molecule is C=C[C@@H]1[C@H](C(=O)O)C[C@@H]2CCCC[C@@]21C#N. The van der Waals surface area contributed by atoms with E-state index in [-0.39, 0.29) is 11.8 Å². The summed E-state index contributed by atoms with van der Waals surface area (Å²) in [6, 6.07) is 2.43. The lowest BCUT2D eigenvalue weighted by Crippen LogP contribution is -2.34. The van der Waals surface area contributed by atoms with Gasteiger partial charge >= 0.3 is 5.97 Å². The predicted octanol–water partition coefficient (Wildman–Crippen LogP) is 2.59. The molecule has 0 aromatic heterocycles. The van der Waals surface area contributed by atoms with Crippen molar-refractivity contribution in [3.8, 4) is 6.07 Å². The second kappa shape index (κ2) is 3.93. The Bertz CT molecular complexity index is 357. The van der Waals surface area contributed by atoms with E-state index in [1.165, 1.54) is 0 Å². The average molecular weight is 219 g/mol. The molecule has 2 rings (SSSR count). The molecular formula is C13H17NO2. The van der Waals surface area contributed by atoms with Gasteiger partial charge in [0.05, 0.1) is 17.4 Å². The second-order valence-electron chi connectivity index (χ2n) is 5.04. The van der Waals surface area contributed by atoms with Gasteiger partial charge < -0.3 is 5.11 Å². The van der Waals surface area contributed by atoms with Gasteiger partial charge in [0, 0.05) is 5.92 Å². The Morgan fingerprint density at radius 1 is 1.56 bits per heavy atom. The third kappa shape index (κ3) is 1.36. The molecule has 0 aromatic rings. The van der Waals surface area contributed by atoms with Crippen molar-refractivity contribution in [3.63, 3.8) is 0 Å². The number of nitrogens with zero attached hydrogens (tertiary/aromatic N) is 1. The monoisotopic (exact) mass is 219 g/mol. The minimum Gasteiger partial charge on any atom is -0.481 e. The fourth-order valence-electron chi connectivity index (χ4n) is 3.70. The van der Waals surface area contributed by atoms with Gasteiger partial charge in [-0.15, -0.1) is 6.58 Å². The third-order valence-corrected chi connectivity index (χ3v) is 4.47. The number of carboxylic acids is 1. The first-order valence-electron chi connectivity index (χ1n) is 5.92. The van der Waals surface area contributed by atoms with Crippen molar-refractivity contribution in [3.05, 3.63) is 12.7 Å². The largest absolute Gasteiger partial charge is 0.481 e. The van der Waals surface area contributed by atoms with Crippen LogP contribution in [-0.4, -0.2) is 11.1 Å². The number of aliphatic carboxylic acids is 1. The molecule has 0 aliphatic heterocycles. The van der Waals surface area contributed by atoms with E-state index in [9.17, 15) is 15.2 Å². The fourth-order valence-corrected chi connectivity index (χ4v) is 3.70. The van der Waals surface area contributed by atoms with E-state index in [1.807, 2.05) is 0 Å². The molecule has 4 atom stereocenters. The number of carboxylic acid groups (broad SMARTS) is 1. The summed E-state index contributed by atoms with van der Waals surface area (Å²) in [4.78, 5) is 11.2. The molecule has 0 spiro atoms. The van der Waals surface area contributed by atoms with Crippen LogP contribution in [0.25, 0.3) is 0 Å². The number of allylic oxidation sites excluding steroid dienone is 1. The van der Waals surface area contributed by atoms with Crippen LogP contribution in [0.1, 0.15) is 32.1 Å². The Kier molecular flexibility index (Phi) is 2.75. The van der Waals surface area contributed by atoms with Crippen molar-refractivity contribution in [2.45, 2.75) is 32.1 Å². The minimum atomic E-state index is -0.770. The first-order chi connectivity index (χ1) is 7.65. The number of carbonyl (C=O) groups is 1. The molecule has 0 bridgehead atoms. The smallest absolute Gasteiger partial charge is 0.307 e. The molecule has 0 radical (unpaired) electrons. The lowest BCUT2D eigenvalue weighted by atomic mass is 9.64. The van der Waals surface area contributed by atoms with Crippen LogP contribution in [0.15, 0.2) is 12.7 Å². The quantitative estimate of drug-likeness (QED) is 0.726. The number of hydrogen-bond acceptors (Lipinski definition) is 2. The molecule has 0 amide bonds. The molecule has 2 saturated carbocycles. The number of nitriles is 1. The van der Waals surface area contributed by atoms with Crippen molar-refractivity contribution >= 4 is 5.97 Å². The van der Waals surface area contributed by atoms with Gasteiger partial charge in [0.15, 0.2) is 0 Å². The van der Waals surface area contributed by atoms with Gasteiger partial charge in [0.1, 0.15) is 0 Å². The van der Waals surface area contributed by atoms with Crippen LogP contribution in [0, 0.1) is 34.5 Å². The summed E-state index contributed by atoms with van der Waals surface area (Å²) in [7, 11) is 0. The lowest BCUT2D eigenvalue weighted by molar-refractivity contribution is -0.142. The van der Waals surface area contributed by atoms with Gasteiger partial charge in [-0.1, -0.05) is 18.9 Å². The molecule has 0 saturated heterocycles. The first-order valence-corrected chi connectivity index (χ1v) is 5.92. The standard InChI is InChI=1S/C13H17NO2/c1-2-11-10(12(15)16)7-9-5-3-4-6-13(9,11)8-14/h2,9-11H,1,3-7H2,(H,15,16)/t9-,10+,11+,13+/m0/s1. The zero-order chi connectivity index (χ0) is 11.8. The van der Waals surface area contributed by atoms with Crippen molar-refractivity contribution < 1.29 is 9.90 Å². The highest BCUT2D eigenvalue weighted by Crippen LogP contribution is 2.58. The van der Waals surface area contributed by atoms with Crippen LogP contribution >= 0.6 is 0 Å². The van der Waals surface area contributed by atoms with E-state index in [1.54, 1.807) is 6.08 Å². The summed E-state index contributed by atoms with van der Waals surface area (Å²) in [5.74, 6) is -1.08. The third-order valence-electron chi connectivity index (χ3n) is 4.47. The number of fused-ring (bicyclic) bond motifs is 1. The molecule has 0 unspecified atom stereocenters. The van der Waals surface area contributed by atoms with Gasteiger partial charge in [0.25, 0.3) is 0 Å². The zero-order valence-corrected chi connectivity index (χ0v) is 9.35. The molecule has 0 aromatic carbocycles. The Morgan fingerprint density at radius 3 is 2.88 bits per heavy atom. The molecule has 2 fully saturated rings. The van der Waals surface area contributed by atoms with Crippen molar-refractivity contribution in [1.29, 1.82) is 5.26 Å². The molecule has 0 heterocycles. The maximum atomic E-state index is 11.2. The first kappa shape index (κ1) is 11.2. The Labute approximate surface area is 95.8 Å². The summed E-state index contributed by atoms with van der Waals surface area (Å²) in [5.41, 5.74) is -0.441. The second-order valence-corrected chi connectivity index (χ2v) is 5.04. The summed E-state index contributed by atoms with van der Waals surface area (Å²) in [6.07, 6.45) is 6.37. The summed E-state index contributed by atoms with van der Waals surface area (Å²) in [5, 5.41) is 18.7. The minimum absolute atomic E-state index is 0.166. The number of rotatable bonds is 2. The van der Waals surface area contributed by atoms with Crippen LogP contribution < -0.4 is 0 Å². The average Bonchev–Trinajstić information content (AvgIpc) is 2.63. The lowest BCUT2D eigenvalue weighted by Gasteiger charge is -2.36. The summed E-state index contributed by atoms with van der Waals surface area (Å²) in [6.45, 7) is 3.74. The maximum absolute atomic E-state index is 11.2. The van der Waals surface area contributed by atoms with Crippen LogP contribution in [-0.2, 0) is 4.79 Å². The fraction of sp³-hybridized carbons (Fsp3) is 0.692. The van der Waals surface area contributed by atoms with Crippen molar-refractivity contribution in [2.75, 3.05) is 0 Å². The van der Waals surface area contributed by atoms with Gasteiger partial charge in [-0.05, 0) is 25.2 Å². The van der Waals surface area contributed by atoms with E-state index in [2.05, 4.69) is 12.6 Å². The van der Waals surface area contributed by atoms with E-state index in [4.69, 9.17) is 0 Å². The van der Waals surface area contributed by atoms with Gasteiger partial charge in [-0.25, -0.2) is 0 Å². The summed E-state index contributed by atoms with van der Waals surface area (Å²) >= 11 is 0. The van der Waals surface area contributed by atoms with E-state index in [0.717, 1.165) is 25.7 Å². The molecule has 2 aliphatic rings. The van der Waals surface area contributed by atoms with Crippen LogP contribution in [0.5, 0.6) is 0 Å². The Balaban J connectivity index is 2.38. The van der Waals surface area contributed by atoms with E-state index >= 15 is 0 Å². The molecule has 3 heteroatoms. The molecule has 3 nitrogen and oxygen atoms in total. The van der Waals surface area contributed by atoms with Gasteiger partial charge in [-0.3, -0.25) is 4.79 Å². The van der Waals surface area contributed by atoms with E-state index in [0.29, 0.717) is 6.42 Å². The normalized spacial score (nSPS) is 42.1. The highest BCUT2D eigenvalue weighted by molar-refractivity contribution is 5.71. The highest BCUT2D eigenvalue weighted by atomic mass is 16.4. The molecule has 2 aliphatic carbocycles. The number of hydrogen-bond donors (Lipinski definition) is 1. The van der Waals surface area contributed by atoms with Gasteiger partial charge in [-0.2, -0.15) is 5.26 Å². The Morgan fingerprint density at radius 2 is 2.31 bits per heavy atom. The van der Waals surface area contributed by atoms with Crippen molar-refractivity contribution in [1.82, 2.24) is 0 Å². The maximum Gasteiger partial charge on any atom is 0.307 e. The van der Waals surface area contributed by atoms with E-state index < -0.39 is 17.3 Å². The molecule has 16 heavy (non-hydrogen) atoms. The molecule has 86 valence electrons. The molecular weight excluding hydrogens is 202 g/mol. The summed E-state index contributed by atoms with van der Waals surface area (Å²) < 4.78 is 0. The zero-order valence-electron chi connectivity index (χ0n) is 9.35. The van der Waals surface area contributed by atoms with Crippen LogP contribution in [0.3, 0.4) is 0 Å². The van der Waals surface area contributed by atoms with Gasteiger partial charge in [0.2, 0.25) is 0 Å². The predicted molar refractivity (Wildman–Crippen MR) is 59.4 cm³/mol. The van der Waals surface area contributed by atoms with Crippen LogP contribution in [0.2, 0.25) is 0 Å². The van der Waals surface area contributed by atoms with Crippen molar-refractivity contribution in [2.24, 2.45) is 23.2 Å². The Hall–Kier alpha value is -1.30.